The monoisotopic (exact) mass is 519 g/mol. The molecule has 0 radical (unpaired) electrons. The third-order valence-electron chi connectivity index (χ3n) is 7.31. The molecular formula is C28H30FN5O2S. The first kappa shape index (κ1) is 25.1. The van der Waals surface area contributed by atoms with E-state index in [0.29, 0.717) is 22.2 Å². The molecule has 0 bridgehead atoms. The van der Waals surface area contributed by atoms with E-state index in [-0.39, 0.29) is 23.9 Å². The minimum absolute atomic E-state index is 0.0199. The Balaban J connectivity index is 1.44. The molecule has 9 heteroatoms. The van der Waals surface area contributed by atoms with Gasteiger partial charge in [0, 0.05) is 48.5 Å². The fourth-order valence-electron chi connectivity index (χ4n) is 5.07. The van der Waals surface area contributed by atoms with Crippen molar-refractivity contribution in [1.29, 1.82) is 0 Å². The summed E-state index contributed by atoms with van der Waals surface area (Å²) in [5.41, 5.74) is 3.01. The number of aromatic nitrogens is 3. The van der Waals surface area contributed by atoms with Crippen LogP contribution in [-0.2, 0) is 0 Å². The van der Waals surface area contributed by atoms with Gasteiger partial charge >= 0.3 is 0 Å². The third-order valence-corrected chi connectivity index (χ3v) is 8.08. The zero-order valence-corrected chi connectivity index (χ0v) is 22.0. The van der Waals surface area contributed by atoms with Crippen molar-refractivity contribution in [3.8, 4) is 5.69 Å². The molecule has 3 aromatic heterocycles. The lowest BCUT2D eigenvalue weighted by Crippen LogP contribution is -2.37. The number of benzene rings is 1. The summed E-state index contributed by atoms with van der Waals surface area (Å²) in [6.45, 7) is 3.86. The number of carbonyl (C=O) groups is 2. The number of thiazole rings is 1. The molecule has 0 saturated heterocycles. The minimum atomic E-state index is -0.447. The van der Waals surface area contributed by atoms with Crippen LogP contribution in [0.2, 0.25) is 0 Å². The van der Waals surface area contributed by atoms with Crippen molar-refractivity contribution < 1.29 is 14.0 Å². The Kier molecular flexibility index (Phi) is 7.06. The van der Waals surface area contributed by atoms with E-state index in [1.807, 2.05) is 24.5 Å². The molecule has 3 heterocycles. The van der Waals surface area contributed by atoms with Crippen molar-refractivity contribution in [3.63, 3.8) is 0 Å². The van der Waals surface area contributed by atoms with Crippen LogP contribution in [0.1, 0.15) is 71.2 Å². The van der Waals surface area contributed by atoms with Gasteiger partial charge < -0.3 is 14.8 Å². The number of nitrogens with one attached hydrogen (secondary N) is 1. The van der Waals surface area contributed by atoms with E-state index in [1.165, 1.54) is 29.0 Å². The van der Waals surface area contributed by atoms with Gasteiger partial charge in [0.2, 0.25) is 0 Å². The Morgan fingerprint density at radius 3 is 2.65 bits per heavy atom. The van der Waals surface area contributed by atoms with Crippen molar-refractivity contribution >= 4 is 34.1 Å². The highest BCUT2D eigenvalue weighted by Crippen LogP contribution is 2.39. The second kappa shape index (κ2) is 10.4. The van der Waals surface area contributed by atoms with E-state index in [0.717, 1.165) is 36.6 Å². The van der Waals surface area contributed by atoms with E-state index in [1.54, 1.807) is 42.0 Å². The first-order valence-corrected chi connectivity index (χ1v) is 13.4. The number of hydrogen-bond donors (Lipinski definition) is 1. The summed E-state index contributed by atoms with van der Waals surface area (Å²) < 4.78 is 16.3. The third kappa shape index (κ3) is 5.00. The maximum Gasteiger partial charge on any atom is 0.280 e. The normalized spacial score (nSPS) is 17.8. The number of carbonyl (C=O) groups excluding carboxylic acids is 2. The van der Waals surface area contributed by atoms with Gasteiger partial charge in [-0.05, 0) is 75.3 Å². The standard InChI is InChI=1S/C28H30FN5O2S/c1-17(2)33(3)28(36)22-14-19(29)6-9-24(22)34-16-23(21-10-11-30-15-25(21)34)18-4-7-20(8-5-18)32-26(35)27-31-12-13-37-27/h6,9-18,20H,4-5,7-8H2,1-3H3,(H,32,35)/t18-,20-. The molecule has 37 heavy (non-hydrogen) atoms. The lowest BCUT2D eigenvalue weighted by Gasteiger charge is -2.29. The van der Waals surface area contributed by atoms with Crippen molar-refractivity contribution in [1.82, 2.24) is 24.8 Å². The quantitative estimate of drug-likeness (QED) is 0.362. The topological polar surface area (TPSA) is 80.1 Å². The van der Waals surface area contributed by atoms with E-state index in [9.17, 15) is 14.0 Å². The van der Waals surface area contributed by atoms with Crippen LogP contribution in [0, 0.1) is 5.82 Å². The lowest BCUT2D eigenvalue weighted by atomic mass is 9.81. The molecule has 2 amide bonds. The maximum atomic E-state index is 14.3. The number of amides is 2. The first-order chi connectivity index (χ1) is 17.8. The summed E-state index contributed by atoms with van der Waals surface area (Å²) in [4.78, 5) is 35.8. The summed E-state index contributed by atoms with van der Waals surface area (Å²) >= 11 is 1.34. The highest BCUT2D eigenvalue weighted by molar-refractivity contribution is 7.11. The molecule has 0 aliphatic heterocycles. The molecule has 192 valence electrons. The summed E-state index contributed by atoms with van der Waals surface area (Å²) in [6.07, 6.45) is 10.9. The van der Waals surface area contributed by atoms with E-state index in [4.69, 9.17) is 0 Å². The van der Waals surface area contributed by atoms with Gasteiger partial charge in [0.25, 0.3) is 11.8 Å². The first-order valence-electron chi connectivity index (χ1n) is 12.6. The average molecular weight is 520 g/mol. The zero-order chi connectivity index (χ0) is 26.1. The van der Waals surface area contributed by atoms with Gasteiger partial charge in [-0.3, -0.25) is 14.6 Å². The number of halogens is 1. The highest BCUT2D eigenvalue weighted by atomic mass is 32.1. The predicted octanol–water partition coefficient (Wildman–Crippen LogP) is 5.56. The van der Waals surface area contributed by atoms with Gasteiger partial charge in [-0.25, -0.2) is 9.37 Å². The number of nitrogens with zero attached hydrogens (tertiary/aromatic N) is 4. The molecule has 1 saturated carbocycles. The van der Waals surface area contributed by atoms with Crippen LogP contribution in [0.4, 0.5) is 4.39 Å². The van der Waals surface area contributed by atoms with Crippen LogP contribution >= 0.6 is 11.3 Å². The molecule has 0 spiro atoms. The van der Waals surface area contributed by atoms with E-state index >= 15 is 0 Å². The van der Waals surface area contributed by atoms with Crippen LogP contribution in [0.5, 0.6) is 0 Å². The van der Waals surface area contributed by atoms with Crippen LogP contribution < -0.4 is 5.32 Å². The predicted molar refractivity (Wildman–Crippen MR) is 143 cm³/mol. The van der Waals surface area contributed by atoms with Crippen molar-refractivity contribution in [2.75, 3.05) is 7.05 Å². The Morgan fingerprint density at radius 1 is 1.16 bits per heavy atom. The van der Waals surface area contributed by atoms with Crippen LogP contribution in [0.3, 0.4) is 0 Å². The Labute approximate surface area is 219 Å². The van der Waals surface area contributed by atoms with Crippen LogP contribution in [0.15, 0.2) is 54.4 Å². The number of hydrogen-bond acceptors (Lipinski definition) is 5. The molecule has 7 nitrogen and oxygen atoms in total. The molecule has 1 aliphatic carbocycles. The molecule has 1 fully saturated rings. The van der Waals surface area contributed by atoms with Crippen LogP contribution in [-0.4, -0.2) is 50.4 Å². The minimum Gasteiger partial charge on any atom is -0.347 e. The van der Waals surface area contributed by atoms with Crippen molar-refractivity contribution in [3.05, 3.63) is 76.4 Å². The largest absolute Gasteiger partial charge is 0.347 e. The molecular weight excluding hydrogens is 489 g/mol. The molecule has 0 unspecified atom stereocenters. The van der Waals surface area contributed by atoms with Gasteiger partial charge in [0.15, 0.2) is 5.01 Å². The summed E-state index contributed by atoms with van der Waals surface area (Å²) in [6, 6.07) is 6.47. The number of rotatable bonds is 6. The molecule has 1 N–H and O–H groups in total. The molecule has 1 aromatic carbocycles. The summed E-state index contributed by atoms with van der Waals surface area (Å²) in [7, 11) is 1.73. The molecule has 1 aliphatic rings. The van der Waals surface area contributed by atoms with Gasteiger partial charge in [0.1, 0.15) is 5.82 Å². The van der Waals surface area contributed by atoms with Gasteiger partial charge in [-0.2, -0.15) is 0 Å². The number of fused-ring (bicyclic) bond motifs is 1. The highest BCUT2D eigenvalue weighted by Gasteiger charge is 2.28. The molecule has 4 aromatic rings. The SMILES string of the molecule is CC(C)N(C)C(=O)c1cc(F)ccc1-n1cc([C@H]2CC[C@H](NC(=O)c3nccs3)CC2)c2ccncc21. The summed E-state index contributed by atoms with van der Waals surface area (Å²) in [5.74, 6) is -0.483. The fraction of sp³-hybridized carbons (Fsp3) is 0.357. The summed E-state index contributed by atoms with van der Waals surface area (Å²) in [5, 5.41) is 6.49. The lowest BCUT2D eigenvalue weighted by molar-refractivity contribution is 0.0754. The molecule has 5 rings (SSSR count). The second-order valence-electron chi connectivity index (χ2n) is 9.88. The Bertz CT molecular complexity index is 1420. The average Bonchev–Trinajstić information content (AvgIpc) is 3.57. The zero-order valence-electron chi connectivity index (χ0n) is 21.1. The van der Waals surface area contributed by atoms with Gasteiger partial charge in [-0.15, -0.1) is 11.3 Å². The fourth-order valence-corrected chi connectivity index (χ4v) is 5.61. The van der Waals surface area contributed by atoms with Crippen molar-refractivity contribution in [2.24, 2.45) is 0 Å². The van der Waals surface area contributed by atoms with Crippen molar-refractivity contribution in [2.45, 2.75) is 57.5 Å². The van der Waals surface area contributed by atoms with Gasteiger partial charge in [-0.1, -0.05) is 0 Å². The number of pyridine rings is 1. The van der Waals surface area contributed by atoms with E-state index < -0.39 is 5.82 Å². The van der Waals surface area contributed by atoms with E-state index in [2.05, 4.69) is 21.5 Å². The maximum absolute atomic E-state index is 14.3. The smallest absolute Gasteiger partial charge is 0.280 e. The Hall–Kier alpha value is -3.59. The van der Waals surface area contributed by atoms with Gasteiger partial charge in [0.05, 0.1) is 23.0 Å². The molecule has 0 atom stereocenters. The Morgan fingerprint density at radius 2 is 1.95 bits per heavy atom. The van der Waals surface area contributed by atoms with Crippen LogP contribution in [0.25, 0.3) is 16.6 Å². The second-order valence-corrected chi connectivity index (χ2v) is 10.8.